The molecule has 2 heterocycles. The van der Waals surface area contributed by atoms with E-state index in [-0.39, 0.29) is 30.7 Å². The molecule has 200 valence electrons. The molecular formula is C27H30FN5O5. The van der Waals surface area contributed by atoms with Crippen molar-refractivity contribution in [1.29, 1.82) is 0 Å². The van der Waals surface area contributed by atoms with E-state index in [2.05, 4.69) is 10.6 Å². The summed E-state index contributed by atoms with van der Waals surface area (Å²) in [5.74, 6) is -2.62. The highest BCUT2D eigenvalue weighted by Gasteiger charge is 2.28. The summed E-state index contributed by atoms with van der Waals surface area (Å²) in [5.41, 5.74) is 3.30. The zero-order chi connectivity index (χ0) is 27.4. The summed E-state index contributed by atoms with van der Waals surface area (Å²) in [7, 11) is 0. The number of rotatable bonds is 8. The van der Waals surface area contributed by atoms with Crippen LogP contribution in [0.2, 0.25) is 0 Å². The third kappa shape index (κ3) is 5.99. The van der Waals surface area contributed by atoms with Gasteiger partial charge in [0.2, 0.25) is 17.7 Å². The number of carbonyl (C=O) groups is 4. The van der Waals surface area contributed by atoms with Crippen LogP contribution in [-0.2, 0) is 25.7 Å². The molecule has 11 heteroatoms. The van der Waals surface area contributed by atoms with Gasteiger partial charge in [0.15, 0.2) is 0 Å². The minimum atomic E-state index is -1.19. The quantitative estimate of drug-likeness (QED) is 0.415. The van der Waals surface area contributed by atoms with Crippen molar-refractivity contribution in [2.45, 2.75) is 39.2 Å². The number of hydrogen-bond donors (Lipinski definition) is 3. The van der Waals surface area contributed by atoms with Crippen LogP contribution in [0.15, 0.2) is 36.4 Å². The lowest BCUT2D eigenvalue weighted by Crippen LogP contribution is -2.40. The van der Waals surface area contributed by atoms with Crippen LogP contribution in [0, 0.1) is 12.7 Å². The van der Waals surface area contributed by atoms with Crippen molar-refractivity contribution in [3.05, 3.63) is 53.5 Å². The minimum absolute atomic E-state index is 0.00821. The molecule has 1 aromatic heterocycles. The molecule has 0 bridgehead atoms. The highest BCUT2D eigenvalue weighted by molar-refractivity contribution is 5.98. The molecule has 38 heavy (non-hydrogen) atoms. The maximum atomic E-state index is 15.1. The Morgan fingerprint density at radius 1 is 1.03 bits per heavy atom. The van der Waals surface area contributed by atoms with Gasteiger partial charge in [0, 0.05) is 36.9 Å². The largest absolute Gasteiger partial charge is 0.480 e. The fourth-order valence-corrected chi connectivity index (χ4v) is 4.80. The molecule has 1 fully saturated rings. The predicted octanol–water partition coefficient (Wildman–Crippen LogP) is 2.19. The molecule has 0 unspecified atom stereocenters. The third-order valence-electron chi connectivity index (χ3n) is 6.72. The number of aliphatic carboxylic acids is 1. The summed E-state index contributed by atoms with van der Waals surface area (Å²) < 4.78 is 16.6. The van der Waals surface area contributed by atoms with Gasteiger partial charge in [-0.2, -0.15) is 5.10 Å². The normalized spacial score (nSPS) is 13.9. The van der Waals surface area contributed by atoms with Crippen LogP contribution in [0.1, 0.15) is 36.9 Å². The van der Waals surface area contributed by atoms with Gasteiger partial charge in [-0.1, -0.05) is 24.3 Å². The molecule has 1 saturated heterocycles. The summed E-state index contributed by atoms with van der Waals surface area (Å²) in [6, 6.07) is 10.5. The third-order valence-corrected chi connectivity index (χ3v) is 6.72. The Labute approximate surface area is 218 Å². The summed E-state index contributed by atoms with van der Waals surface area (Å²) in [6.07, 6.45) is 1.37. The van der Waals surface area contributed by atoms with Crippen LogP contribution < -0.4 is 10.6 Å². The second kappa shape index (κ2) is 11.4. The standard InChI is InChI=1S/C27H30FN5O5/c1-16-6-7-19(21(28)12-16)20-4-3-5-22-26(20)27(18-8-10-32(11-9-18)17(2)34)31-33(22)15-24(36)29-13-23(35)30-14-25(37)38/h3-7,12,18H,8-11,13-15H2,1-2H3,(H,29,36)(H,30,35)(H,37,38). The van der Waals surface area contributed by atoms with Crippen molar-refractivity contribution in [3.63, 3.8) is 0 Å². The number of aromatic nitrogens is 2. The molecule has 0 spiro atoms. The number of carboxylic acid groups (broad SMARTS) is 1. The van der Waals surface area contributed by atoms with E-state index in [1.165, 1.54) is 6.07 Å². The van der Waals surface area contributed by atoms with Crippen LogP contribution >= 0.6 is 0 Å². The van der Waals surface area contributed by atoms with Crippen molar-refractivity contribution < 1.29 is 28.7 Å². The van der Waals surface area contributed by atoms with Gasteiger partial charge in [0.05, 0.1) is 17.8 Å². The fraction of sp³-hybridized carbons (Fsp3) is 0.370. The summed E-state index contributed by atoms with van der Waals surface area (Å²) in [5, 5.41) is 18.9. The Morgan fingerprint density at radius 2 is 1.74 bits per heavy atom. The number of amides is 3. The molecule has 0 aliphatic carbocycles. The maximum Gasteiger partial charge on any atom is 0.322 e. The number of carboxylic acids is 1. The van der Waals surface area contributed by atoms with Crippen molar-refractivity contribution >= 4 is 34.6 Å². The molecule has 1 aliphatic rings. The van der Waals surface area contributed by atoms with Crippen LogP contribution in [0.5, 0.6) is 0 Å². The average molecular weight is 524 g/mol. The molecule has 4 rings (SSSR count). The van der Waals surface area contributed by atoms with Gasteiger partial charge in [-0.25, -0.2) is 4.39 Å². The number of carbonyl (C=O) groups excluding carboxylic acids is 3. The van der Waals surface area contributed by atoms with Gasteiger partial charge in [-0.15, -0.1) is 0 Å². The number of likely N-dealkylation sites (tertiary alicyclic amines) is 1. The first kappa shape index (κ1) is 26.8. The molecule has 0 saturated carbocycles. The number of benzene rings is 2. The summed E-state index contributed by atoms with van der Waals surface area (Å²) in [6.45, 7) is 3.44. The van der Waals surface area contributed by atoms with Crippen LogP contribution in [0.25, 0.3) is 22.0 Å². The van der Waals surface area contributed by atoms with E-state index in [1.807, 2.05) is 25.1 Å². The van der Waals surface area contributed by atoms with Gasteiger partial charge in [0.1, 0.15) is 18.9 Å². The first-order valence-corrected chi connectivity index (χ1v) is 12.4. The van der Waals surface area contributed by atoms with E-state index in [4.69, 9.17) is 10.2 Å². The van der Waals surface area contributed by atoms with E-state index in [1.54, 1.807) is 28.6 Å². The number of nitrogens with zero attached hydrogens (tertiary/aromatic N) is 3. The molecular weight excluding hydrogens is 493 g/mol. The highest BCUT2D eigenvalue weighted by Crippen LogP contribution is 2.39. The van der Waals surface area contributed by atoms with Gasteiger partial charge in [-0.05, 0) is 43.0 Å². The summed E-state index contributed by atoms with van der Waals surface area (Å²) in [4.78, 5) is 48.7. The zero-order valence-electron chi connectivity index (χ0n) is 21.3. The Hall–Kier alpha value is -4.28. The number of piperidine rings is 1. The molecule has 0 atom stereocenters. The smallest absolute Gasteiger partial charge is 0.322 e. The van der Waals surface area contributed by atoms with E-state index in [0.717, 1.165) is 16.6 Å². The first-order valence-electron chi connectivity index (χ1n) is 12.4. The average Bonchev–Trinajstić information content (AvgIpc) is 3.25. The van der Waals surface area contributed by atoms with E-state index in [9.17, 15) is 19.2 Å². The van der Waals surface area contributed by atoms with Crippen molar-refractivity contribution in [3.8, 4) is 11.1 Å². The highest BCUT2D eigenvalue weighted by atomic mass is 19.1. The van der Waals surface area contributed by atoms with Gasteiger partial charge in [0.25, 0.3) is 0 Å². The number of nitrogens with one attached hydrogen (secondary N) is 2. The van der Waals surface area contributed by atoms with E-state index >= 15 is 4.39 Å². The van der Waals surface area contributed by atoms with Gasteiger partial charge >= 0.3 is 5.97 Å². The lowest BCUT2D eigenvalue weighted by atomic mass is 9.89. The van der Waals surface area contributed by atoms with Crippen LogP contribution in [-0.4, -0.2) is 69.7 Å². The lowest BCUT2D eigenvalue weighted by molar-refractivity contribution is -0.137. The molecule has 3 amide bonds. The van der Waals surface area contributed by atoms with Gasteiger partial charge < -0.3 is 20.6 Å². The summed E-state index contributed by atoms with van der Waals surface area (Å²) >= 11 is 0. The topological polar surface area (TPSA) is 134 Å². The molecule has 0 radical (unpaired) electrons. The Morgan fingerprint density at radius 3 is 2.39 bits per heavy atom. The Balaban J connectivity index is 1.67. The maximum absolute atomic E-state index is 15.1. The fourth-order valence-electron chi connectivity index (χ4n) is 4.80. The monoisotopic (exact) mass is 523 g/mol. The Kier molecular flexibility index (Phi) is 8.04. The van der Waals surface area contributed by atoms with Crippen molar-refractivity contribution in [2.24, 2.45) is 0 Å². The second-order valence-electron chi connectivity index (χ2n) is 9.45. The van der Waals surface area contributed by atoms with Crippen LogP contribution in [0.4, 0.5) is 4.39 Å². The number of hydrogen-bond acceptors (Lipinski definition) is 5. The van der Waals surface area contributed by atoms with Crippen molar-refractivity contribution in [1.82, 2.24) is 25.3 Å². The van der Waals surface area contributed by atoms with Crippen LogP contribution in [0.3, 0.4) is 0 Å². The SMILES string of the molecule is CC(=O)N1CCC(c2nn(CC(=O)NCC(=O)NCC(=O)O)c3cccc(-c4ccc(C)cc4F)c23)CC1. The first-order chi connectivity index (χ1) is 18.1. The van der Waals surface area contributed by atoms with E-state index in [0.29, 0.717) is 42.6 Å². The van der Waals surface area contributed by atoms with Gasteiger partial charge in [-0.3, -0.25) is 23.9 Å². The minimum Gasteiger partial charge on any atom is -0.480 e. The molecule has 1 aliphatic heterocycles. The lowest BCUT2D eigenvalue weighted by Gasteiger charge is -2.30. The zero-order valence-corrected chi connectivity index (χ0v) is 21.3. The number of fused-ring (bicyclic) bond motifs is 1. The molecule has 3 N–H and O–H groups in total. The van der Waals surface area contributed by atoms with E-state index < -0.39 is 24.3 Å². The molecule has 2 aromatic carbocycles. The number of halogens is 1. The second-order valence-corrected chi connectivity index (χ2v) is 9.45. The number of aryl methyl sites for hydroxylation is 1. The Bertz CT molecular complexity index is 1390. The predicted molar refractivity (Wildman–Crippen MR) is 138 cm³/mol. The van der Waals surface area contributed by atoms with Crippen molar-refractivity contribution in [2.75, 3.05) is 26.2 Å². The molecule has 3 aromatic rings. The molecule has 10 nitrogen and oxygen atoms in total.